The maximum Gasteiger partial charge on any atom is 0.264 e. The Morgan fingerprint density at radius 3 is 2.47 bits per heavy atom. The summed E-state index contributed by atoms with van der Waals surface area (Å²) in [6.07, 6.45) is 10.3. The second kappa shape index (κ2) is 13.7. The summed E-state index contributed by atoms with van der Waals surface area (Å²) in [5.41, 5.74) is 0.0809. The molecule has 1 saturated carbocycles. The second-order valence-electron chi connectivity index (χ2n) is 11.8. The molecular weight excluding hydrogens is 588 g/mol. The van der Waals surface area contributed by atoms with Gasteiger partial charge >= 0.3 is 0 Å². The van der Waals surface area contributed by atoms with Crippen molar-refractivity contribution in [3.8, 4) is 5.75 Å². The fourth-order valence-corrected chi connectivity index (χ4v) is 8.15. The van der Waals surface area contributed by atoms with Crippen LogP contribution < -0.4 is 25.0 Å². The summed E-state index contributed by atoms with van der Waals surface area (Å²) in [7, 11) is -2.53. The number of nitrogens with one attached hydrogen (secondary N) is 3. The van der Waals surface area contributed by atoms with E-state index in [0.29, 0.717) is 30.8 Å². The normalized spacial score (nSPS) is 25.4. The predicted molar refractivity (Wildman–Crippen MR) is 168 cm³/mol. The number of halogens is 1. The lowest BCUT2D eigenvalue weighted by Gasteiger charge is -2.38. The lowest BCUT2D eigenvalue weighted by atomic mass is 9.74. The molecule has 3 aliphatic rings. The third kappa shape index (κ3) is 7.02. The van der Waals surface area contributed by atoms with Gasteiger partial charge in [-0.1, -0.05) is 36.6 Å². The number of amides is 2. The Kier molecular flexibility index (Phi) is 9.99. The number of carbonyl (C=O) groups excluding carboxylic acids is 2. The first-order chi connectivity index (χ1) is 20.7. The average molecular weight is 629 g/mol. The number of carbonyl (C=O) groups is 2. The summed E-state index contributed by atoms with van der Waals surface area (Å²) in [6, 6.07) is 10.9. The van der Waals surface area contributed by atoms with Crippen LogP contribution in [0.1, 0.15) is 61.7 Å². The SMILES string of the molecule is COc1ccc(N2C/C=C\CCC3(CCNCC3)C(=O)NCC3CCCCC3NC(=O)c3cc(ccc3Cl)S2(=O)=O)cc1. The van der Waals surface area contributed by atoms with Crippen molar-refractivity contribution in [3.05, 3.63) is 65.2 Å². The van der Waals surface area contributed by atoms with Crippen molar-refractivity contribution < 1.29 is 22.7 Å². The summed E-state index contributed by atoms with van der Waals surface area (Å²) >= 11 is 6.46. The molecule has 9 nitrogen and oxygen atoms in total. The lowest BCUT2D eigenvalue weighted by Crippen LogP contribution is -2.51. The lowest BCUT2D eigenvalue weighted by molar-refractivity contribution is -0.133. The molecule has 1 spiro atoms. The van der Waals surface area contributed by atoms with E-state index < -0.39 is 21.3 Å². The quantitative estimate of drug-likeness (QED) is 0.416. The molecule has 0 aromatic heterocycles. The van der Waals surface area contributed by atoms with Crippen LogP contribution in [0, 0.1) is 11.3 Å². The zero-order valence-corrected chi connectivity index (χ0v) is 26.2. The van der Waals surface area contributed by atoms with Crippen LogP contribution in [-0.4, -0.2) is 59.6 Å². The van der Waals surface area contributed by atoms with Gasteiger partial charge in [0.15, 0.2) is 0 Å². The number of fused-ring (bicyclic) bond motifs is 3. The maximum atomic E-state index is 14.1. The van der Waals surface area contributed by atoms with E-state index in [0.717, 1.165) is 51.6 Å². The van der Waals surface area contributed by atoms with E-state index >= 15 is 0 Å². The average Bonchev–Trinajstić information content (AvgIpc) is 3.02. The summed E-state index contributed by atoms with van der Waals surface area (Å²) in [5, 5.41) is 9.93. The Morgan fingerprint density at radius 2 is 1.72 bits per heavy atom. The molecule has 2 aromatic rings. The van der Waals surface area contributed by atoms with Gasteiger partial charge in [-0.25, -0.2) is 8.42 Å². The van der Waals surface area contributed by atoms with Crippen molar-refractivity contribution in [2.75, 3.05) is 37.6 Å². The van der Waals surface area contributed by atoms with E-state index in [-0.39, 0.29) is 39.9 Å². The fourth-order valence-electron chi connectivity index (χ4n) is 6.50. The van der Waals surface area contributed by atoms with Gasteiger partial charge in [-0.15, -0.1) is 0 Å². The van der Waals surface area contributed by atoms with Crippen molar-refractivity contribution >= 4 is 39.1 Å². The van der Waals surface area contributed by atoms with E-state index in [1.165, 1.54) is 22.5 Å². The number of sulfonamides is 1. The van der Waals surface area contributed by atoms with Gasteiger partial charge in [0.2, 0.25) is 5.91 Å². The number of methoxy groups -OCH3 is 1. The van der Waals surface area contributed by atoms with Gasteiger partial charge in [0.05, 0.1) is 40.2 Å². The second-order valence-corrected chi connectivity index (χ2v) is 14.0. The molecule has 232 valence electrons. The minimum Gasteiger partial charge on any atom is -0.497 e. The number of nitrogens with zero attached hydrogens (tertiary/aromatic N) is 1. The van der Waals surface area contributed by atoms with Gasteiger partial charge < -0.3 is 20.7 Å². The maximum absolute atomic E-state index is 14.1. The third-order valence-electron chi connectivity index (χ3n) is 9.15. The molecule has 2 fully saturated rings. The zero-order chi connectivity index (χ0) is 30.5. The van der Waals surface area contributed by atoms with E-state index in [4.69, 9.17) is 16.3 Å². The van der Waals surface area contributed by atoms with E-state index in [1.54, 1.807) is 31.4 Å². The van der Waals surface area contributed by atoms with Crippen LogP contribution >= 0.6 is 11.6 Å². The monoisotopic (exact) mass is 628 g/mol. The van der Waals surface area contributed by atoms with Gasteiger partial charge in [-0.05, 0) is 100.0 Å². The minimum atomic E-state index is -4.08. The number of anilines is 1. The van der Waals surface area contributed by atoms with Crippen LogP contribution in [0.25, 0.3) is 0 Å². The molecule has 2 aromatic carbocycles. The Hall–Kier alpha value is -3.08. The predicted octanol–water partition coefficient (Wildman–Crippen LogP) is 4.67. The van der Waals surface area contributed by atoms with Crippen molar-refractivity contribution in [1.29, 1.82) is 0 Å². The highest BCUT2D eigenvalue weighted by atomic mass is 35.5. The smallest absolute Gasteiger partial charge is 0.264 e. The number of benzene rings is 2. The number of piperidine rings is 1. The Morgan fingerprint density at radius 1 is 0.977 bits per heavy atom. The minimum absolute atomic E-state index is 0.0199. The van der Waals surface area contributed by atoms with Crippen molar-refractivity contribution in [2.45, 2.75) is 62.3 Å². The molecule has 43 heavy (non-hydrogen) atoms. The van der Waals surface area contributed by atoms with E-state index in [9.17, 15) is 18.0 Å². The van der Waals surface area contributed by atoms with Crippen LogP contribution in [0.15, 0.2) is 59.5 Å². The summed E-state index contributed by atoms with van der Waals surface area (Å²) in [5.74, 6) is 0.333. The first kappa shape index (κ1) is 31.3. The Bertz CT molecular complexity index is 1440. The molecule has 2 heterocycles. The molecule has 2 aliphatic heterocycles. The highest BCUT2D eigenvalue weighted by Crippen LogP contribution is 2.35. The zero-order valence-electron chi connectivity index (χ0n) is 24.6. The molecule has 1 aliphatic carbocycles. The highest BCUT2D eigenvalue weighted by Gasteiger charge is 2.39. The molecule has 1 saturated heterocycles. The molecule has 5 rings (SSSR count). The largest absolute Gasteiger partial charge is 0.497 e. The van der Waals surface area contributed by atoms with Gasteiger partial charge in [-0.3, -0.25) is 13.9 Å². The van der Waals surface area contributed by atoms with Crippen LogP contribution in [0.5, 0.6) is 5.75 Å². The van der Waals surface area contributed by atoms with Gasteiger partial charge in [0.1, 0.15) is 5.75 Å². The van der Waals surface area contributed by atoms with Crippen LogP contribution in [0.3, 0.4) is 0 Å². The fraction of sp³-hybridized carbons (Fsp3) is 0.500. The molecule has 11 heteroatoms. The van der Waals surface area contributed by atoms with Crippen molar-refractivity contribution in [3.63, 3.8) is 0 Å². The van der Waals surface area contributed by atoms with Crippen LogP contribution in [-0.2, 0) is 14.8 Å². The van der Waals surface area contributed by atoms with Gasteiger partial charge in [0.25, 0.3) is 15.9 Å². The molecule has 2 atom stereocenters. The molecule has 0 radical (unpaired) electrons. The highest BCUT2D eigenvalue weighted by molar-refractivity contribution is 7.92. The molecule has 2 unspecified atom stereocenters. The van der Waals surface area contributed by atoms with Crippen molar-refractivity contribution in [2.24, 2.45) is 11.3 Å². The number of hydrogen-bond acceptors (Lipinski definition) is 6. The molecule has 3 N–H and O–H groups in total. The summed E-state index contributed by atoms with van der Waals surface area (Å²) < 4.78 is 34.8. The summed E-state index contributed by atoms with van der Waals surface area (Å²) in [4.78, 5) is 27.2. The molecule has 2 amide bonds. The van der Waals surface area contributed by atoms with E-state index in [2.05, 4.69) is 16.0 Å². The molecular formula is C32H41ClN4O5S. The van der Waals surface area contributed by atoms with Gasteiger partial charge in [-0.2, -0.15) is 0 Å². The number of hydrogen-bond donors (Lipinski definition) is 3. The Labute approximate surface area is 259 Å². The third-order valence-corrected chi connectivity index (χ3v) is 11.3. The number of rotatable bonds is 2. The summed E-state index contributed by atoms with van der Waals surface area (Å²) in [6.45, 7) is 2.12. The number of ether oxygens (including phenoxy) is 1. The van der Waals surface area contributed by atoms with Crippen LogP contribution in [0.4, 0.5) is 5.69 Å². The number of allylic oxidation sites excluding steroid dienone is 1. The first-order valence-electron chi connectivity index (χ1n) is 15.1. The standard InChI is InChI=1S/C32H41ClN4O5S/c1-42-25-11-9-24(10-12-25)37-20-6-2-5-15-32(16-18-34-19-17-32)31(39)35-22-23-7-3-4-8-29(23)36-30(38)27-21-26(43(37,40)41)13-14-28(27)33/h2,6,9-14,21,23,29,34H,3-5,7-8,15-20,22H2,1H3,(H,35,39)(H,36,38)/b6-2-. The van der Waals surface area contributed by atoms with Crippen molar-refractivity contribution in [1.82, 2.24) is 16.0 Å². The van der Waals surface area contributed by atoms with Gasteiger partial charge in [0, 0.05) is 12.6 Å². The van der Waals surface area contributed by atoms with Crippen LogP contribution in [0.2, 0.25) is 5.02 Å². The van der Waals surface area contributed by atoms with E-state index in [1.807, 2.05) is 12.2 Å². The Balaban J connectivity index is 1.53. The first-order valence-corrected chi connectivity index (χ1v) is 17.0. The molecule has 2 bridgehead atoms. The topological polar surface area (TPSA) is 117 Å².